The van der Waals surface area contributed by atoms with Crippen molar-refractivity contribution in [3.63, 3.8) is 0 Å². The average molecular weight is 872 g/mol. The molecule has 15 heteroatoms. The predicted octanol–water partition coefficient (Wildman–Crippen LogP) is 8.45. The summed E-state index contributed by atoms with van der Waals surface area (Å²) in [7, 11) is 11.4. The first-order valence-corrected chi connectivity index (χ1v) is 20.0. The molecule has 8 rings (SSSR count). The van der Waals surface area contributed by atoms with E-state index in [9.17, 15) is 14.4 Å². The standard InChI is InChI=1S/C13H12BN3O.C13H10BN3O.C13H13N3.C12H9NO/c2*14-13(18)17-16-9-10-4-6-11(7-5-10)12-3-1-2-8-15-12;1-14-16-10-11-5-7-12(8-6-11)13-4-2-3-9-15-13;14-9-10-4-6-11(7-5-10)12-3-1-2-8-13-12/h1-8,16H,9H2,(H,17,18);1-9H,(H,17,18);2-10,14H,1H3;1-9H/b;16-9+;16-10+;/i9D2;9D;10D;9D. The SMILES string of the molecule is [2H]/C(=N\NC([B])=O)c1ccc(-c2ccccn2)cc1.[2H]/C(=N\NC)c1ccc(-c2ccccn2)cc1.[2H]C(=O)c1ccc(-c2ccccn2)cc1.[2H]C([2H])(NNC([B])=O)c1ccc(-c2ccccn2)cc1. The second-order valence-corrected chi connectivity index (χ2v) is 13.2. The molecule has 0 spiro atoms. The van der Waals surface area contributed by atoms with Crippen LogP contribution in [0, 0.1) is 0 Å². The van der Waals surface area contributed by atoms with Crippen LogP contribution in [-0.2, 0) is 6.50 Å². The van der Waals surface area contributed by atoms with Crippen LogP contribution in [0.5, 0.6) is 0 Å². The van der Waals surface area contributed by atoms with E-state index in [1.165, 1.54) is 0 Å². The monoisotopic (exact) mass is 871 g/mol. The zero-order chi connectivity index (χ0) is 51.0. The first-order valence-electron chi connectivity index (χ1n) is 22.5. The van der Waals surface area contributed by atoms with E-state index in [0.717, 1.165) is 50.6 Å². The Morgan fingerprint density at radius 3 is 1.21 bits per heavy atom. The average Bonchev–Trinajstić information content (AvgIpc) is 3.41. The first-order chi connectivity index (χ1) is 34.2. The number of benzene rings is 4. The third-order valence-electron chi connectivity index (χ3n) is 8.54. The van der Waals surface area contributed by atoms with Crippen molar-refractivity contribution in [2.45, 2.75) is 6.50 Å². The molecule has 4 aromatic heterocycles. The Morgan fingerprint density at radius 1 is 0.530 bits per heavy atom. The number of pyridine rings is 4. The molecular formula is C51H44B2N10O3. The summed E-state index contributed by atoms with van der Waals surface area (Å²) in [6.45, 7) is -1.92. The molecule has 0 saturated heterocycles. The van der Waals surface area contributed by atoms with Crippen LogP contribution in [0.25, 0.3) is 45.0 Å². The number of nitrogens with zero attached hydrogens (tertiary/aromatic N) is 6. The van der Waals surface area contributed by atoms with Gasteiger partial charge in [-0.1, -0.05) is 121 Å². The minimum atomic E-state index is -1.92. The third kappa shape index (κ3) is 17.2. The highest BCUT2D eigenvalue weighted by Gasteiger charge is 2.01. The molecule has 2 amide bonds. The lowest BCUT2D eigenvalue weighted by Gasteiger charge is -2.06. The molecule has 0 unspecified atom stereocenters. The third-order valence-corrected chi connectivity index (χ3v) is 8.54. The second kappa shape index (κ2) is 27.4. The van der Waals surface area contributed by atoms with Gasteiger partial charge in [-0.05, 0) is 65.2 Å². The molecule has 66 heavy (non-hydrogen) atoms. The number of carbonyl (C=O) groups is 3. The van der Waals surface area contributed by atoms with Gasteiger partial charge in [0.05, 0.1) is 37.9 Å². The number of aldehydes is 1. The fourth-order valence-corrected chi connectivity index (χ4v) is 5.43. The molecule has 8 aromatic rings. The topological polar surface area (TPSA) is 176 Å². The van der Waals surface area contributed by atoms with Crippen LogP contribution in [0.15, 0.2) is 205 Å². The van der Waals surface area contributed by atoms with Gasteiger partial charge in [0.2, 0.25) is 15.7 Å². The van der Waals surface area contributed by atoms with Crippen molar-refractivity contribution >= 4 is 45.9 Å². The molecule has 0 aliphatic carbocycles. The van der Waals surface area contributed by atoms with Crippen molar-refractivity contribution in [1.82, 2.24) is 41.6 Å². The van der Waals surface area contributed by atoms with E-state index in [4.69, 9.17) is 22.5 Å². The zero-order valence-corrected chi connectivity index (χ0v) is 35.5. The summed E-state index contributed by atoms with van der Waals surface area (Å²) >= 11 is 0. The van der Waals surface area contributed by atoms with Gasteiger partial charge in [-0.15, -0.1) is 0 Å². The molecule has 0 atom stereocenters. The smallest absolute Gasteiger partial charge is 0.203 e. The minimum Gasteiger partial charge on any atom is -0.313 e. The quantitative estimate of drug-likeness (QED) is 0.0406. The molecule has 0 aliphatic rings. The molecular weight excluding hydrogens is 822 g/mol. The van der Waals surface area contributed by atoms with Crippen molar-refractivity contribution in [1.29, 1.82) is 0 Å². The van der Waals surface area contributed by atoms with Crippen molar-refractivity contribution in [3.05, 3.63) is 217 Å². The number of hydrazine groups is 1. The lowest BCUT2D eigenvalue weighted by Crippen LogP contribution is -2.35. The van der Waals surface area contributed by atoms with Crippen molar-refractivity contribution in [2.75, 3.05) is 7.05 Å². The summed E-state index contributed by atoms with van der Waals surface area (Å²) in [5.41, 5.74) is 18.3. The van der Waals surface area contributed by atoms with Crippen LogP contribution >= 0.6 is 0 Å². The number of hydrazone groups is 2. The largest absolute Gasteiger partial charge is 0.313 e. The Kier molecular flexibility index (Phi) is 17.2. The van der Waals surface area contributed by atoms with E-state index in [1.807, 2.05) is 120 Å². The van der Waals surface area contributed by atoms with Crippen molar-refractivity contribution in [3.8, 4) is 45.0 Å². The predicted molar refractivity (Wildman–Crippen MR) is 264 cm³/mol. The van der Waals surface area contributed by atoms with Gasteiger partial charge in [0.25, 0.3) is 0 Å². The molecule has 4 N–H and O–H groups in total. The van der Waals surface area contributed by atoms with E-state index in [2.05, 4.69) is 41.0 Å². The Labute approximate surface area is 393 Å². The number of rotatable bonds is 12. The Morgan fingerprint density at radius 2 is 0.894 bits per heavy atom. The molecule has 0 aliphatic heterocycles. The van der Waals surface area contributed by atoms with E-state index in [0.29, 0.717) is 16.7 Å². The summed E-state index contributed by atoms with van der Waals surface area (Å²) in [5, 5.41) is 7.35. The lowest BCUT2D eigenvalue weighted by molar-refractivity contribution is 0.112. The molecule has 4 radical (unpaired) electrons. The number of hydrogen-bond acceptors (Lipinski definition) is 11. The summed E-state index contributed by atoms with van der Waals surface area (Å²) in [6, 6.07) is 51.1. The summed E-state index contributed by atoms with van der Waals surface area (Å²) < 4.78 is 37.9. The molecule has 4 aromatic carbocycles. The van der Waals surface area contributed by atoms with E-state index in [-0.39, 0.29) is 12.4 Å². The normalized spacial score (nSPS) is 11.8. The van der Waals surface area contributed by atoms with Gasteiger partial charge in [0, 0.05) is 68.9 Å². The molecule has 4 heterocycles. The van der Waals surface area contributed by atoms with Crippen LogP contribution in [0.4, 0.5) is 9.59 Å². The number of hydrogen-bond donors (Lipinski definition) is 4. The molecule has 0 saturated carbocycles. The van der Waals surface area contributed by atoms with Crippen LogP contribution in [0.2, 0.25) is 0 Å². The Balaban J connectivity index is 0.000000177. The minimum absolute atomic E-state index is 0.0635. The fourth-order valence-electron chi connectivity index (χ4n) is 5.43. The van der Waals surface area contributed by atoms with Crippen LogP contribution in [0.3, 0.4) is 0 Å². The van der Waals surface area contributed by atoms with Gasteiger partial charge in [-0.2, -0.15) is 10.2 Å². The second-order valence-electron chi connectivity index (χ2n) is 13.2. The number of carbonyl (C=O) groups excluding carboxylic acids is 3. The fraction of sp³-hybridized carbons (Fsp3) is 0.0392. The molecule has 322 valence electrons. The molecule has 0 fully saturated rings. The highest BCUT2D eigenvalue weighted by molar-refractivity contribution is 6.57. The van der Waals surface area contributed by atoms with E-state index >= 15 is 0 Å². The summed E-state index contributed by atoms with van der Waals surface area (Å²) in [5.74, 6) is -1.64. The van der Waals surface area contributed by atoms with Gasteiger partial charge in [0.1, 0.15) is 7.63 Å². The number of amides is 2. The first kappa shape index (κ1) is 41.3. The maximum atomic E-state index is 10.7. The van der Waals surface area contributed by atoms with Gasteiger partial charge < -0.3 is 10.9 Å². The number of nitrogens with one attached hydrogen (secondary N) is 4. The maximum absolute atomic E-state index is 10.7. The molecule has 0 bridgehead atoms. The zero-order valence-electron chi connectivity index (χ0n) is 40.5. The summed E-state index contributed by atoms with van der Waals surface area (Å²) in [6.07, 6.45) is 6.40. The maximum Gasteiger partial charge on any atom is 0.203 e. The van der Waals surface area contributed by atoms with Crippen molar-refractivity contribution < 1.29 is 21.2 Å². The van der Waals surface area contributed by atoms with Gasteiger partial charge >= 0.3 is 0 Å². The highest BCUT2D eigenvalue weighted by atomic mass is 16.2. The highest BCUT2D eigenvalue weighted by Crippen LogP contribution is 2.19. The van der Waals surface area contributed by atoms with E-state index < -0.39 is 24.4 Å². The van der Waals surface area contributed by atoms with E-state index in [1.54, 1.807) is 92.5 Å². The molecule has 13 nitrogen and oxygen atoms in total. The Bertz CT molecular complexity index is 2990. The van der Waals surface area contributed by atoms with Crippen LogP contribution < -0.4 is 21.7 Å². The van der Waals surface area contributed by atoms with Gasteiger partial charge in [-0.25, -0.2) is 5.43 Å². The van der Waals surface area contributed by atoms with Crippen molar-refractivity contribution in [2.24, 2.45) is 10.2 Å². The lowest BCUT2D eigenvalue weighted by atomic mass is 10.1. The number of aromatic nitrogens is 4. The summed E-state index contributed by atoms with van der Waals surface area (Å²) in [4.78, 5) is 48.7. The van der Waals surface area contributed by atoms with Crippen LogP contribution in [0.1, 0.15) is 33.9 Å². The van der Waals surface area contributed by atoms with Gasteiger partial charge in [-0.3, -0.25) is 39.7 Å². The van der Waals surface area contributed by atoms with Gasteiger partial charge in [0.15, 0.2) is 11.6 Å². The Hall–Kier alpha value is -8.68. The van der Waals surface area contributed by atoms with Crippen LogP contribution in [-0.4, -0.2) is 72.9 Å².